The van der Waals surface area contributed by atoms with Gasteiger partial charge in [0.2, 0.25) is 0 Å². The molecule has 254 valence electrons. The molecule has 0 unspecified atom stereocenters. The second-order valence-corrected chi connectivity index (χ2v) is 13.2. The fourth-order valence-electron chi connectivity index (χ4n) is 5.22. The van der Waals surface area contributed by atoms with E-state index in [0.29, 0.717) is 80.6 Å². The summed E-state index contributed by atoms with van der Waals surface area (Å²) in [6.45, 7) is 2.52. The number of esters is 1. The molecule has 0 fully saturated rings. The molecule has 6 aromatic rings. The number of unbranched alkanes of at least 4 members (excludes halogenated alkanes) is 1. The Kier molecular flexibility index (Phi) is 9.77. The topological polar surface area (TPSA) is 125 Å². The van der Waals surface area contributed by atoms with Gasteiger partial charge in [-0.05, 0) is 82.1 Å². The molecule has 0 radical (unpaired) electrons. The van der Waals surface area contributed by atoms with E-state index in [1.165, 1.54) is 52.7 Å². The SMILES string of the molecule is CC(C)(C)OC(=O)CCCCc1nc2cc(-c3cc(CSc4nc5cc(OC(F)F)ccc5[nH]4)on3)ccc2c(=O)n1-c1ccc(F)cc1. The minimum absolute atomic E-state index is 0.0231. The average molecular weight is 692 g/mol. The van der Waals surface area contributed by atoms with E-state index >= 15 is 0 Å². The van der Waals surface area contributed by atoms with Crippen molar-refractivity contribution in [1.82, 2.24) is 24.7 Å². The van der Waals surface area contributed by atoms with Crippen molar-refractivity contribution < 1.29 is 32.0 Å². The van der Waals surface area contributed by atoms with Crippen molar-refractivity contribution in [3.05, 3.63) is 94.5 Å². The van der Waals surface area contributed by atoms with E-state index in [0.717, 1.165) is 0 Å². The number of aromatic amines is 1. The molecule has 3 aromatic carbocycles. The number of nitrogens with one attached hydrogen (secondary N) is 1. The standard InChI is InChI=1S/C35H32F3N5O5S/c1-35(2,3)47-31(44)7-5-4-6-30-39-28-16-20(8-14-25(28)32(45)43(30)22-11-9-21(36)10-12-22)27-18-24(48-42-27)19-49-34-40-26-15-13-23(46-33(37)38)17-29(26)41-34/h8-18,33H,4-7,19H2,1-3H3,(H,40,41). The first-order valence-electron chi connectivity index (χ1n) is 15.5. The number of aryl methyl sites for hydroxylation is 1. The highest BCUT2D eigenvalue weighted by molar-refractivity contribution is 7.98. The maximum absolute atomic E-state index is 13.8. The van der Waals surface area contributed by atoms with Crippen LogP contribution in [0.15, 0.2) is 81.2 Å². The zero-order chi connectivity index (χ0) is 34.7. The lowest BCUT2D eigenvalue weighted by atomic mass is 10.1. The minimum Gasteiger partial charge on any atom is -0.460 e. The van der Waals surface area contributed by atoms with Crippen molar-refractivity contribution in [1.29, 1.82) is 0 Å². The van der Waals surface area contributed by atoms with Crippen molar-refractivity contribution >= 4 is 39.7 Å². The minimum atomic E-state index is -2.92. The Morgan fingerprint density at radius 1 is 1.00 bits per heavy atom. The second-order valence-electron chi connectivity index (χ2n) is 12.2. The lowest BCUT2D eigenvalue weighted by Crippen LogP contribution is -2.24. The summed E-state index contributed by atoms with van der Waals surface area (Å²) in [5.74, 6) is 0.728. The smallest absolute Gasteiger partial charge is 0.387 e. The van der Waals surface area contributed by atoms with Gasteiger partial charge in [0.15, 0.2) is 5.16 Å². The summed E-state index contributed by atoms with van der Waals surface area (Å²) in [6.07, 6.45) is 1.73. The van der Waals surface area contributed by atoms with Crippen LogP contribution >= 0.6 is 11.8 Å². The van der Waals surface area contributed by atoms with Gasteiger partial charge in [-0.15, -0.1) is 0 Å². The fourth-order valence-corrected chi connectivity index (χ4v) is 5.98. The average Bonchev–Trinajstić information content (AvgIpc) is 3.68. The van der Waals surface area contributed by atoms with E-state index in [1.54, 1.807) is 30.3 Å². The molecule has 3 heterocycles. The van der Waals surface area contributed by atoms with E-state index in [9.17, 15) is 22.8 Å². The number of carbonyl (C=O) groups excluding carboxylic acids is 1. The summed E-state index contributed by atoms with van der Waals surface area (Å²) in [4.78, 5) is 38.4. The first kappa shape index (κ1) is 33.8. The molecule has 0 saturated heterocycles. The number of alkyl halides is 2. The molecule has 3 aromatic heterocycles. The number of imidazole rings is 1. The number of hydrogen-bond donors (Lipinski definition) is 1. The largest absolute Gasteiger partial charge is 0.460 e. The monoisotopic (exact) mass is 691 g/mol. The van der Waals surface area contributed by atoms with Crippen LogP contribution in [0.2, 0.25) is 0 Å². The fraction of sp³-hybridized carbons (Fsp3) is 0.286. The molecule has 0 aliphatic carbocycles. The molecule has 14 heteroatoms. The van der Waals surface area contributed by atoms with Crippen LogP contribution in [0.3, 0.4) is 0 Å². The summed E-state index contributed by atoms with van der Waals surface area (Å²) in [5.41, 5.74) is 2.45. The van der Waals surface area contributed by atoms with Gasteiger partial charge >= 0.3 is 12.6 Å². The summed E-state index contributed by atoms with van der Waals surface area (Å²) in [7, 11) is 0. The number of nitrogens with zero attached hydrogens (tertiary/aromatic N) is 4. The van der Waals surface area contributed by atoms with Gasteiger partial charge in [0.1, 0.15) is 34.4 Å². The number of ether oxygens (including phenoxy) is 2. The van der Waals surface area contributed by atoms with Gasteiger partial charge in [-0.25, -0.2) is 14.4 Å². The Balaban J connectivity index is 1.21. The number of thioether (sulfide) groups is 1. The highest BCUT2D eigenvalue weighted by Gasteiger charge is 2.18. The number of carbonyl (C=O) groups is 1. The predicted molar refractivity (Wildman–Crippen MR) is 178 cm³/mol. The third kappa shape index (κ3) is 8.31. The molecule has 0 aliphatic heterocycles. The Morgan fingerprint density at radius 2 is 1.80 bits per heavy atom. The maximum atomic E-state index is 13.8. The molecule has 0 amide bonds. The van der Waals surface area contributed by atoms with Gasteiger partial charge in [0.25, 0.3) is 5.56 Å². The van der Waals surface area contributed by atoms with Gasteiger partial charge in [-0.2, -0.15) is 8.78 Å². The number of hydrogen-bond acceptors (Lipinski definition) is 9. The van der Waals surface area contributed by atoms with Crippen LogP contribution in [0.25, 0.3) is 38.9 Å². The lowest BCUT2D eigenvalue weighted by molar-refractivity contribution is -0.154. The zero-order valence-electron chi connectivity index (χ0n) is 26.8. The van der Waals surface area contributed by atoms with Crippen LogP contribution in [0, 0.1) is 5.82 Å². The van der Waals surface area contributed by atoms with Crippen LogP contribution in [0.1, 0.15) is 51.6 Å². The molecule has 6 rings (SSSR count). The molecular formula is C35H32F3N5O5S. The Hall–Kier alpha value is -5.11. The van der Waals surface area contributed by atoms with Gasteiger partial charge in [-0.1, -0.05) is 23.0 Å². The summed E-state index contributed by atoms with van der Waals surface area (Å²) < 4.78 is 55.8. The lowest BCUT2D eigenvalue weighted by Gasteiger charge is -2.19. The third-order valence-corrected chi connectivity index (χ3v) is 8.23. The summed E-state index contributed by atoms with van der Waals surface area (Å²) in [5, 5.41) is 5.15. The van der Waals surface area contributed by atoms with Crippen LogP contribution in [-0.2, 0) is 21.7 Å². The Bertz CT molecular complexity index is 2170. The molecule has 0 aliphatic rings. The normalized spacial score (nSPS) is 11.9. The van der Waals surface area contributed by atoms with Crippen molar-refractivity contribution in [2.75, 3.05) is 0 Å². The highest BCUT2D eigenvalue weighted by Crippen LogP contribution is 2.29. The molecule has 0 atom stereocenters. The quantitative estimate of drug-likeness (QED) is 0.0772. The second kappa shape index (κ2) is 14.2. The van der Waals surface area contributed by atoms with Gasteiger partial charge < -0.3 is 19.0 Å². The Labute approximate surface area is 282 Å². The number of fused-ring (bicyclic) bond motifs is 2. The van der Waals surface area contributed by atoms with Crippen molar-refractivity contribution in [2.24, 2.45) is 0 Å². The number of aromatic nitrogens is 5. The van der Waals surface area contributed by atoms with Crippen LogP contribution in [0.5, 0.6) is 5.75 Å². The molecule has 1 N–H and O–H groups in total. The van der Waals surface area contributed by atoms with E-state index < -0.39 is 18.0 Å². The van der Waals surface area contributed by atoms with Crippen LogP contribution in [-0.4, -0.2) is 42.9 Å². The van der Waals surface area contributed by atoms with Gasteiger partial charge in [0.05, 0.1) is 33.4 Å². The highest BCUT2D eigenvalue weighted by atomic mass is 32.2. The Morgan fingerprint density at radius 3 is 2.55 bits per heavy atom. The number of rotatable bonds is 12. The summed E-state index contributed by atoms with van der Waals surface area (Å²) in [6, 6.07) is 17.1. The zero-order valence-corrected chi connectivity index (χ0v) is 27.7. The first-order chi connectivity index (χ1) is 23.4. The van der Waals surface area contributed by atoms with Crippen LogP contribution < -0.4 is 10.3 Å². The molecular weight excluding hydrogens is 659 g/mol. The van der Waals surface area contributed by atoms with Crippen molar-refractivity contribution in [3.63, 3.8) is 0 Å². The number of halogens is 3. The molecule has 49 heavy (non-hydrogen) atoms. The molecule has 0 spiro atoms. The van der Waals surface area contributed by atoms with E-state index in [4.69, 9.17) is 14.2 Å². The molecule has 0 saturated carbocycles. The van der Waals surface area contributed by atoms with E-state index in [-0.39, 0.29) is 23.7 Å². The van der Waals surface area contributed by atoms with Gasteiger partial charge in [-0.3, -0.25) is 14.2 Å². The maximum Gasteiger partial charge on any atom is 0.387 e. The van der Waals surface area contributed by atoms with E-state index in [1.807, 2.05) is 20.8 Å². The number of H-pyrrole nitrogens is 1. The van der Waals surface area contributed by atoms with Gasteiger partial charge in [0, 0.05) is 30.5 Å². The first-order valence-corrected chi connectivity index (χ1v) is 16.5. The third-order valence-electron chi connectivity index (χ3n) is 7.34. The number of benzene rings is 3. The van der Waals surface area contributed by atoms with E-state index in [2.05, 4.69) is 19.9 Å². The predicted octanol–water partition coefficient (Wildman–Crippen LogP) is 8.00. The van der Waals surface area contributed by atoms with Crippen molar-refractivity contribution in [2.45, 2.75) is 69.6 Å². The molecule has 10 nitrogen and oxygen atoms in total. The summed E-state index contributed by atoms with van der Waals surface area (Å²) >= 11 is 1.35. The molecule has 0 bridgehead atoms. The van der Waals surface area contributed by atoms with Crippen molar-refractivity contribution in [3.8, 4) is 22.7 Å². The van der Waals surface area contributed by atoms with Crippen LogP contribution in [0.4, 0.5) is 13.2 Å².